The van der Waals surface area contributed by atoms with Crippen molar-refractivity contribution in [2.45, 2.75) is 57.7 Å². The van der Waals surface area contributed by atoms with Crippen LogP contribution in [0.5, 0.6) is 0 Å². The molecule has 1 aliphatic carbocycles. The smallest absolute Gasteiger partial charge is 0.353 e. The average Bonchev–Trinajstić information content (AvgIpc) is 3.48. The zero-order valence-electron chi connectivity index (χ0n) is 22.4. The molecule has 1 saturated carbocycles. The molecule has 7 nitrogen and oxygen atoms in total. The molecular weight excluding hydrogens is 505 g/mol. The van der Waals surface area contributed by atoms with Gasteiger partial charge in [0.15, 0.2) is 0 Å². The van der Waals surface area contributed by atoms with Gasteiger partial charge >= 0.3 is 6.18 Å². The first-order valence-corrected chi connectivity index (χ1v) is 13.6. The zero-order valence-corrected chi connectivity index (χ0v) is 22.4. The number of benzene rings is 1. The van der Waals surface area contributed by atoms with Crippen molar-refractivity contribution in [1.82, 2.24) is 29.2 Å². The van der Waals surface area contributed by atoms with Crippen LogP contribution in [0.4, 0.5) is 13.2 Å². The first kappa shape index (κ1) is 25.9. The second kappa shape index (κ2) is 9.36. The predicted octanol–water partition coefficient (Wildman–Crippen LogP) is 5.41. The summed E-state index contributed by atoms with van der Waals surface area (Å²) in [5.41, 5.74) is 0.203. The molecule has 0 spiro atoms. The second-order valence-corrected chi connectivity index (χ2v) is 11.7. The number of hydrogen-bond donors (Lipinski definition) is 1. The summed E-state index contributed by atoms with van der Waals surface area (Å²) in [6, 6.07) is 8.77. The number of H-pyrrole nitrogens is 1. The highest BCUT2D eigenvalue weighted by molar-refractivity contribution is 5.84. The van der Waals surface area contributed by atoms with E-state index in [1.165, 1.54) is 6.07 Å². The lowest BCUT2D eigenvalue weighted by Crippen LogP contribution is -2.43. The van der Waals surface area contributed by atoms with Gasteiger partial charge in [0.05, 0.1) is 11.0 Å². The molecule has 2 aliphatic rings. The van der Waals surface area contributed by atoms with Crippen molar-refractivity contribution in [3.8, 4) is 5.69 Å². The third-order valence-electron chi connectivity index (χ3n) is 8.51. The number of halogens is 3. The van der Waals surface area contributed by atoms with E-state index in [1.807, 2.05) is 23.7 Å². The quantitative estimate of drug-likeness (QED) is 0.369. The van der Waals surface area contributed by atoms with Gasteiger partial charge in [-0.3, -0.25) is 14.3 Å². The summed E-state index contributed by atoms with van der Waals surface area (Å²) in [4.78, 5) is 19.0. The van der Waals surface area contributed by atoms with Crippen molar-refractivity contribution < 1.29 is 13.2 Å². The number of nitrogens with one attached hydrogen (secondary N) is 1. The standard InChI is InChI=1S/C29H33F3N6O/c1-18-6-5-9-37(14-18)15-21-11-23-24(29(30,31)32)16-38(26(39)25(23)34-21)22-8-4-7-20(10-22)28(12-19(2)13-28)27-35-33-17-36(27)3/h4,7-8,10-11,16-19,34H,5-6,9,12-15H2,1-3H3/t18-,19?,28?/m0/s1. The Balaban J connectivity index is 1.45. The SMILES string of the molecule is CC1CC(c2cccc(-n3cc(C(F)(F)F)c4cc(CN5CCC[C@H](C)C5)[nH]c4c3=O)c2)(c2nncn2C)C1. The molecule has 0 unspecified atom stereocenters. The van der Waals surface area contributed by atoms with Crippen LogP contribution < -0.4 is 5.56 Å². The molecule has 4 aromatic rings. The van der Waals surface area contributed by atoms with Gasteiger partial charge in [0, 0.05) is 43.1 Å². The van der Waals surface area contributed by atoms with Gasteiger partial charge in [-0.2, -0.15) is 13.2 Å². The van der Waals surface area contributed by atoms with Crippen molar-refractivity contribution in [3.05, 3.63) is 75.9 Å². The normalized spacial score (nSPS) is 24.3. The zero-order chi connectivity index (χ0) is 27.5. The van der Waals surface area contributed by atoms with Crippen LogP contribution in [-0.4, -0.2) is 42.3 Å². The topological polar surface area (TPSA) is 71.7 Å². The van der Waals surface area contributed by atoms with Gasteiger partial charge in [-0.1, -0.05) is 26.0 Å². The van der Waals surface area contributed by atoms with Gasteiger partial charge in [-0.05, 0) is 67.8 Å². The maximum atomic E-state index is 14.3. The number of alkyl halides is 3. The molecular formula is C29H33F3N6O. The maximum absolute atomic E-state index is 14.3. The van der Waals surface area contributed by atoms with Crippen LogP contribution in [0.2, 0.25) is 0 Å². The minimum Gasteiger partial charge on any atom is -0.353 e. The van der Waals surface area contributed by atoms with E-state index in [-0.39, 0.29) is 10.9 Å². The summed E-state index contributed by atoms with van der Waals surface area (Å²) < 4.78 is 46.0. The van der Waals surface area contributed by atoms with Crippen molar-refractivity contribution in [3.63, 3.8) is 0 Å². The monoisotopic (exact) mass is 538 g/mol. The summed E-state index contributed by atoms with van der Waals surface area (Å²) in [5, 5.41) is 8.35. The van der Waals surface area contributed by atoms with Crippen LogP contribution in [0, 0.1) is 11.8 Å². The first-order chi connectivity index (χ1) is 18.5. The number of aromatic nitrogens is 5. The van der Waals surface area contributed by atoms with Crippen LogP contribution in [0.1, 0.15) is 62.2 Å². The predicted molar refractivity (Wildman–Crippen MR) is 143 cm³/mol. The molecule has 6 rings (SSSR count). The molecule has 1 atom stereocenters. The van der Waals surface area contributed by atoms with Crippen molar-refractivity contribution in [2.75, 3.05) is 13.1 Å². The van der Waals surface area contributed by atoms with Gasteiger partial charge in [-0.15, -0.1) is 10.2 Å². The molecule has 0 amide bonds. The number of piperidine rings is 1. The molecule has 4 heterocycles. The Morgan fingerprint density at radius 3 is 2.62 bits per heavy atom. The minimum absolute atomic E-state index is 0.0180. The third kappa shape index (κ3) is 4.48. The molecule has 10 heteroatoms. The molecule has 0 bridgehead atoms. The number of hydrogen-bond acceptors (Lipinski definition) is 4. The van der Waals surface area contributed by atoms with Crippen LogP contribution in [-0.2, 0) is 25.2 Å². The lowest BCUT2D eigenvalue weighted by Gasteiger charge is -2.46. The molecule has 0 radical (unpaired) electrons. The molecule has 2 fully saturated rings. The molecule has 1 aromatic carbocycles. The van der Waals surface area contributed by atoms with E-state index in [4.69, 9.17) is 0 Å². The molecule has 1 aliphatic heterocycles. The number of likely N-dealkylation sites (tertiary alicyclic amines) is 1. The van der Waals surface area contributed by atoms with Gasteiger partial charge in [0.2, 0.25) is 0 Å². The van der Waals surface area contributed by atoms with Gasteiger partial charge in [0.1, 0.15) is 17.7 Å². The summed E-state index contributed by atoms with van der Waals surface area (Å²) in [6.45, 7) is 6.63. The fourth-order valence-electron chi connectivity index (χ4n) is 6.79. The van der Waals surface area contributed by atoms with E-state index < -0.39 is 22.7 Å². The Morgan fingerprint density at radius 1 is 1.15 bits per heavy atom. The number of fused-ring (bicyclic) bond motifs is 1. The lowest BCUT2D eigenvalue weighted by atomic mass is 9.58. The van der Waals surface area contributed by atoms with E-state index in [0.29, 0.717) is 29.8 Å². The van der Waals surface area contributed by atoms with Crippen molar-refractivity contribution >= 4 is 10.9 Å². The molecule has 206 valence electrons. The number of aryl methyl sites for hydroxylation is 1. The highest BCUT2D eigenvalue weighted by Crippen LogP contribution is 2.51. The molecule has 3 aromatic heterocycles. The fraction of sp³-hybridized carbons (Fsp3) is 0.483. The van der Waals surface area contributed by atoms with Crippen LogP contribution >= 0.6 is 0 Å². The first-order valence-electron chi connectivity index (χ1n) is 13.6. The van der Waals surface area contributed by atoms with Gasteiger partial charge in [-0.25, -0.2) is 0 Å². The summed E-state index contributed by atoms with van der Waals surface area (Å²) in [5.74, 6) is 1.83. The Kier molecular flexibility index (Phi) is 6.21. The minimum atomic E-state index is -4.62. The Bertz CT molecular complexity index is 1580. The van der Waals surface area contributed by atoms with Crippen LogP contribution in [0.3, 0.4) is 0 Å². The van der Waals surface area contributed by atoms with E-state index in [1.54, 1.807) is 18.5 Å². The fourth-order valence-corrected chi connectivity index (χ4v) is 6.79. The van der Waals surface area contributed by atoms with Gasteiger partial charge in [0.25, 0.3) is 5.56 Å². The Labute approximate surface area is 224 Å². The highest BCUT2D eigenvalue weighted by Gasteiger charge is 2.48. The summed E-state index contributed by atoms with van der Waals surface area (Å²) in [7, 11) is 1.89. The van der Waals surface area contributed by atoms with Crippen molar-refractivity contribution in [2.24, 2.45) is 18.9 Å². The molecule has 1 saturated heterocycles. The summed E-state index contributed by atoms with van der Waals surface area (Å²) in [6.07, 6.45) is 1.90. The third-order valence-corrected chi connectivity index (χ3v) is 8.51. The largest absolute Gasteiger partial charge is 0.418 e. The number of nitrogens with zero attached hydrogens (tertiary/aromatic N) is 5. The van der Waals surface area contributed by atoms with E-state index in [0.717, 1.165) is 60.9 Å². The molecule has 39 heavy (non-hydrogen) atoms. The Morgan fingerprint density at radius 2 is 1.95 bits per heavy atom. The Hall–Kier alpha value is -3.40. The average molecular weight is 539 g/mol. The maximum Gasteiger partial charge on any atom is 0.418 e. The van der Waals surface area contributed by atoms with Gasteiger partial charge < -0.3 is 9.55 Å². The van der Waals surface area contributed by atoms with E-state index in [9.17, 15) is 18.0 Å². The second-order valence-electron chi connectivity index (χ2n) is 11.7. The van der Waals surface area contributed by atoms with Crippen LogP contribution in [0.15, 0.2) is 47.7 Å². The summed E-state index contributed by atoms with van der Waals surface area (Å²) >= 11 is 0. The van der Waals surface area contributed by atoms with Crippen molar-refractivity contribution in [1.29, 1.82) is 0 Å². The molecule has 1 N–H and O–H groups in total. The number of pyridine rings is 1. The van der Waals surface area contributed by atoms with Crippen LogP contribution in [0.25, 0.3) is 16.6 Å². The number of aromatic amines is 1. The number of rotatable bonds is 5. The van der Waals surface area contributed by atoms with E-state index in [2.05, 4.69) is 33.9 Å². The van der Waals surface area contributed by atoms with E-state index >= 15 is 0 Å². The highest BCUT2D eigenvalue weighted by atomic mass is 19.4. The lowest BCUT2D eigenvalue weighted by molar-refractivity contribution is -0.136.